The molecule has 4 rings (SSSR count). The van der Waals surface area contributed by atoms with Crippen LogP contribution in [0.5, 0.6) is 0 Å². The van der Waals surface area contributed by atoms with E-state index in [1.54, 1.807) is 4.52 Å². The van der Waals surface area contributed by atoms with Crippen LogP contribution in [-0.2, 0) is 0 Å². The summed E-state index contributed by atoms with van der Waals surface area (Å²) in [5, 5.41) is 4.33. The molecule has 0 amide bonds. The highest BCUT2D eigenvalue weighted by Crippen LogP contribution is 2.32. The normalized spacial score (nSPS) is 23.0. The molecule has 2 aromatic rings. The maximum atomic E-state index is 13.0. The van der Waals surface area contributed by atoms with E-state index in [2.05, 4.69) is 15.0 Å². The van der Waals surface area contributed by atoms with Gasteiger partial charge in [0.05, 0.1) is 25.0 Å². The van der Waals surface area contributed by atoms with Gasteiger partial charge in [-0.05, 0) is 36.6 Å². The number of hydrogen-bond donors (Lipinski definition) is 0. The van der Waals surface area contributed by atoms with Gasteiger partial charge in [-0.2, -0.15) is 4.98 Å². The fourth-order valence-electron chi connectivity index (χ4n) is 3.33. The van der Waals surface area contributed by atoms with Gasteiger partial charge in [-0.3, -0.25) is 4.90 Å². The third-order valence-electron chi connectivity index (χ3n) is 4.50. The summed E-state index contributed by atoms with van der Waals surface area (Å²) in [5.74, 6) is -2.48. The van der Waals surface area contributed by atoms with Gasteiger partial charge in [-0.25, -0.2) is 13.3 Å². The van der Waals surface area contributed by atoms with Crippen LogP contribution in [0.3, 0.4) is 0 Å². The van der Waals surface area contributed by atoms with Crippen molar-refractivity contribution in [2.24, 2.45) is 0 Å². The molecule has 0 bridgehead atoms. The number of hydrogen-bond acceptors (Lipinski definition) is 4. The van der Waals surface area contributed by atoms with Gasteiger partial charge in [0.2, 0.25) is 5.28 Å². The van der Waals surface area contributed by atoms with Gasteiger partial charge < -0.3 is 4.90 Å². The standard InChI is InChI=1S/C14H16ClF2N5/c15-13-18-12-2-1-11(7-22(12)19-13)20-5-3-10(4-6-20)21-8-14(16,17)9-21/h1-2,7,10H,3-6,8-9H2. The molecule has 8 heteroatoms. The number of nitrogens with zero attached hydrogens (tertiary/aromatic N) is 5. The van der Waals surface area contributed by atoms with Gasteiger partial charge in [0.25, 0.3) is 5.92 Å². The van der Waals surface area contributed by atoms with Crippen molar-refractivity contribution in [2.45, 2.75) is 24.8 Å². The molecule has 0 saturated carbocycles. The fourth-order valence-corrected chi connectivity index (χ4v) is 3.50. The van der Waals surface area contributed by atoms with Crippen LogP contribution < -0.4 is 4.90 Å². The number of halogens is 3. The zero-order valence-corrected chi connectivity index (χ0v) is 12.7. The number of anilines is 1. The van der Waals surface area contributed by atoms with E-state index < -0.39 is 5.92 Å². The first-order valence-electron chi connectivity index (χ1n) is 7.39. The van der Waals surface area contributed by atoms with E-state index in [-0.39, 0.29) is 24.4 Å². The Hall–Kier alpha value is -1.47. The average molecular weight is 328 g/mol. The highest BCUT2D eigenvalue weighted by molar-refractivity contribution is 6.28. The lowest BCUT2D eigenvalue weighted by atomic mass is 9.98. The van der Waals surface area contributed by atoms with E-state index >= 15 is 0 Å². The summed E-state index contributed by atoms with van der Waals surface area (Å²) in [6.45, 7) is 1.56. The molecule has 0 unspecified atom stereocenters. The predicted molar refractivity (Wildman–Crippen MR) is 79.8 cm³/mol. The molecule has 0 radical (unpaired) electrons. The van der Waals surface area contributed by atoms with Crippen molar-refractivity contribution in [3.8, 4) is 0 Å². The van der Waals surface area contributed by atoms with Crippen LogP contribution in [0.1, 0.15) is 12.8 Å². The van der Waals surface area contributed by atoms with Gasteiger partial charge in [0.1, 0.15) is 0 Å². The summed E-state index contributed by atoms with van der Waals surface area (Å²) in [7, 11) is 0. The summed E-state index contributed by atoms with van der Waals surface area (Å²) in [4.78, 5) is 8.24. The second-order valence-electron chi connectivity index (χ2n) is 6.05. The summed E-state index contributed by atoms with van der Waals surface area (Å²) in [6, 6.07) is 4.16. The predicted octanol–water partition coefficient (Wildman–Crippen LogP) is 2.30. The lowest BCUT2D eigenvalue weighted by Gasteiger charge is -2.47. The van der Waals surface area contributed by atoms with Crippen LogP contribution in [0.2, 0.25) is 5.28 Å². The summed E-state index contributed by atoms with van der Waals surface area (Å²) < 4.78 is 27.6. The second-order valence-corrected chi connectivity index (χ2v) is 6.39. The summed E-state index contributed by atoms with van der Waals surface area (Å²) >= 11 is 5.80. The van der Waals surface area contributed by atoms with Crippen LogP contribution in [0.25, 0.3) is 5.65 Å². The fraction of sp³-hybridized carbons (Fsp3) is 0.571. The van der Waals surface area contributed by atoms with Gasteiger partial charge in [0, 0.05) is 19.1 Å². The van der Waals surface area contributed by atoms with Crippen molar-refractivity contribution in [3.05, 3.63) is 23.6 Å². The Kier molecular flexibility index (Phi) is 3.23. The van der Waals surface area contributed by atoms with Crippen LogP contribution in [-0.4, -0.2) is 57.6 Å². The third kappa shape index (κ3) is 2.52. The first-order valence-corrected chi connectivity index (χ1v) is 7.77. The van der Waals surface area contributed by atoms with Crippen LogP contribution in [0, 0.1) is 0 Å². The van der Waals surface area contributed by atoms with Gasteiger partial charge in [-0.1, -0.05) is 0 Å². The Labute approximate surface area is 131 Å². The van der Waals surface area contributed by atoms with Crippen molar-refractivity contribution in [1.29, 1.82) is 0 Å². The molecule has 5 nitrogen and oxygen atoms in total. The second kappa shape index (κ2) is 5.03. The minimum absolute atomic E-state index is 0.0823. The molecule has 0 aliphatic carbocycles. The first-order chi connectivity index (χ1) is 10.5. The van der Waals surface area contributed by atoms with E-state index in [9.17, 15) is 8.78 Å². The molecule has 0 aromatic carbocycles. The molecule has 4 heterocycles. The number of pyridine rings is 1. The van der Waals surface area contributed by atoms with Gasteiger partial charge >= 0.3 is 0 Å². The van der Waals surface area contributed by atoms with Crippen molar-refractivity contribution in [3.63, 3.8) is 0 Å². The number of aromatic nitrogens is 3. The summed E-state index contributed by atoms with van der Waals surface area (Å²) in [5.41, 5.74) is 1.77. The maximum absolute atomic E-state index is 13.0. The van der Waals surface area contributed by atoms with Crippen molar-refractivity contribution >= 4 is 22.9 Å². The smallest absolute Gasteiger partial charge is 0.272 e. The van der Waals surface area contributed by atoms with Crippen molar-refractivity contribution < 1.29 is 8.78 Å². The van der Waals surface area contributed by atoms with E-state index in [0.717, 1.165) is 31.6 Å². The van der Waals surface area contributed by atoms with Gasteiger partial charge in [0.15, 0.2) is 5.65 Å². The Morgan fingerprint density at radius 2 is 1.91 bits per heavy atom. The Bertz CT molecular complexity index is 688. The lowest BCUT2D eigenvalue weighted by molar-refractivity contribution is -0.148. The summed E-state index contributed by atoms with van der Waals surface area (Å²) in [6.07, 6.45) is 3.73. The lowest BCUT2D eigenvalue weighted by Crippen LogP contribution is -2.61. The van der Waals surface area contributed by atoms with Crippen LogP contribution in [0.15, 0.2) is 18.3 Å². The van der Waals surface area contributed by atoms with E-state index in [1.165, 1.54) is 0 Å². The SMILES string of the molecule is FC1(F)CN(C2CCN(c3ccc4nc(Cl)nn4c3)CC2)C1. The number of likely N-dealkylation sites (tertiary alicyclic amines) is 1. The molecule has 0 atom stereocenters. The molecule has 2 saturated heterocycles. The van der Waals surface area contributed by atoms with Gasteiger partial charge in [-0.15, -0.1) is 5.10 Å². The minimum atomic E-state index is -2.48. The Morgan fingerprint density at radius 3 is 2.59 bits per heavy atom. The number of piperidine rings is 1. The average Bonchev–Trinajstić information content (AvgIpc) is 2.84. The molecule has 2 aliphatic heterocycles. The Morgan fingerprint density at radius 1 is 1.18 bits per heavy atom. The van der Waals surface area contributed by atoms with Crippen LogP contribution >= 0.6 is 11.6 Å². The largest absolute Gasteiger partial charge is 0.370 e. The zero-order valence-electron chi connectivity index (χ0n) is 11.9. The minimum Gasteiger partial charge on any atom is -0.370 e. The molecule has 2 aliphatic rings. The maximum Gasteiger partial charge on any atom is 0.272 e. The Balaban J connectivity index is 1.42. The first kappa shape index (κ1) is 14.1. The highest BCUT2D eigenvalue weighted by atomic mass is 35.5. The third-order valence-corrected chi connectivity index (χ3v) is 4.66. The number of alkyl halides is 2. The molecule has 0 spiro atoms. The number of rotatable bonds is 2. The molecular formula is C14H16ClF2N5. The topological polar surface area (TPSA) is 36.7 Å². The molecule has 2 aromatic heterocycles. The number of fused-ring (bicyclic) bond motifs is 1. The van der Waals surface area contributed by atoms with Crippen molar-refractivity contribution in [1.82, 2.24) is 19.5 Å². The van der Waals surface area contributed by atoms with E-state index in [0.29, 0.717) is 5.65 Å². The van der Waals surface area contributed by atoms with Crippen molar-refractivity contribution in [2.75, 3.05) is 31.1 Å². The molecular weight excluding hydrogens is 312 g/mol. The molecule has 118 valence electrons. The molecule has 22 heavy (non-hydrogen) atoms. The monoisotopic (exact) mass is 327 g/mol. The highest BCUT2D eigenvalue weighted by Gasteiger charge is 2.46. The molecule has 0 N–H and O–H groups in total. The van der Waals surface area contributed by atoms with E-state index in [1.807, 2.05) is 23.2 Å². The molecule has 2 fully saturated rings. The quantitative estimate of drug-likeness (QED) is 0.848. The van der Waals surface area contributed by atoms with Crippen LogP contribution in [0.4, 0.5) is 14.5 Å². The van der Waals surface area contributed by atoms with E-state index in [4.69, 9.17) is 11.6 Å². The zero-order chi connectivity index (χ0) is 15.3.